The number of aryl methyl sites for hydroxylation is 3. The van der Waals surface area contributed by atoms with Crippen molar-refractivity contribution in [2.45, 2.75) is 266 Å². The van der Waals surface area contributed by atoms with Crippen LogP contribution in [0.1, 0.15) is 291 Å². The molecule has 0 bridgehead atoms. The van der Waals surface area contributed by atoms with Crippen LogP contribution in [0.25, 0.3) is 11.1 Å². The van der Waals surface area contributed by atoms with E-state index in [1.54, 1.807) is 22.3 Å². The standard InChI is InChI=1S/C89H110BN/c1-54-45-74-75(86(18,19)43-42-85(74,16)17)46-57(54)26-38-66-70-51-76-77(88(22,23)53-87(76,20)21)52-79(70)90(80-55(2)44-62(48-71(66)80)84(13,14)15)78-41-37-65(91(63-33-28-59(29-34-63)81(4,5)6)64-35-30-60(31-36-64)82(7,8)9)50-69(78)56(3)58-27-39-67-68-40-32-61(83(10,11)12)49-73(68)89(24,25)72(67)47-58/h27-37,39-41,44-52,56,66H,26,38,42-43,53H2,1-25H3. The predicted molar refractivity (Wildman–Crippen MR) is 397 cm³/mol. The zero-order valence-corrected chi connectivity index (χ0v) is 61.0. The molecule has 474 valence electrons. The summed E-state index contributed by atoms with van der Waals surface area (Å²) in [4.78, 5) is 2.54. The maximum absolute atomic E-state index is 2.78. The van der Waals surface area contributed by atoms with Gasteiger partial charge in [0.15, 0.2) is 0 Å². The lowest BCUT2D eigenvalue weighted by molar-refractivity contribution is 0.331. The second kappa shape index (κ2) is 21.6. The summed E-state index contributed by atoms with van der Waals surface area (Å²) in [7, 11) is 0. The summed E-state index contributed by atoms with van der Waals surface area (Å²) >= 11 is 0. The molecule has 12 rings (SSSR count). The number of fused-ring (bicyclic) bond motifs is 7. The van der Waals surface area contributed by atoms with E-state index in [1.807, 2.05) is 0 Å². The number of nitrogens with zero attached hydrogens (tertiary/aromatic N) is 1. The van der Waals surface area contributed by atoms with Gasteiger partial charge in [-0.1, -0.05) is 284 Å². The minimum absolute atomic E-state index is 0.00313. The van der Waals surface area contributed by atoms with Gasteiger partial charge in [-0.2, -0.15) is 0 Å². The summed E-state index contributed by atoms with van der Waals surface area (Å²) in [5.41, 5.74) is 35.8. The Morgan fingerprint density at radius 2 is 0.912 bits per heavy atom. The third kappa shape index (κ3) is 11.2. The summed E-state index contributed by atoms with van der Waals surface area (Å²) in [6.45, 7) is 60.6. The minimum atomic E-state index is -0.162. The highest BCUT2D eigenvalue weighted by molar-refractivity contribution is 6.97. The van der Waals surface area contributed by atoms with Crippen molar-refractivity contribution in [2.24, 2.45) is 0 Å². The molecular weight excluding hydrogens is 1090 g/mol. The van der Waals surface area contributed by atoms with E-state index in [1.165, 1.54) is 118 Å². The van der Waals surface area contributed by atoms with Crippen LogP contribution in [0.4, 0.5) is 17.1 Å². The summed E-state index contributed by atoms with van der Waals surface area (Å²) in [6, 6.07) is 57.6. The molecule has 2 atom stereocenters. The Kier molecular flexibility index (Phi) is 15.4. The van der Waals surface area contributed by atoms with Crippen LogP contribution >= 0.6 is 0 Å². The molecule has 8 aromatic rings. The fourth-order valence-electron chi connectivity index (χ4n) is 17.5. The highest BCUT2D eigenvalue weighted by Gasteiger charge is 2.47. The van der Waals surface area contributed by atoms with E-state index in [0.717, 1.165) is 30.6 Å². The van der Waals surface area contributed by atoms with Crippen molar-refractivity contribution >= 4 is 40.2 Å². The molecule has 2 unspecified atom stereocenters. The molecule has 3 aliphatic carbocycles. The average molecular weight is 1200 g/mol. The molecule has 8 aromatic carbocycles. The van der Waals surface area contributed by atoms with Crippen molar-refractivity contribution in [1.29, 1.82) is 0 Å². The van der Waals surface area contributed by atoms with Crippen LogP contribution in [-0.2, 0) is 55.2 Å². The molecule has 1 nitrogen and oxygen atoms in total. The molecule has 0 spiro atoms. The second-order valence-corrected chi connectivity index (χ2v) is 36.5. The topological polar surface area (TPSA) is 3.24 Å². The Hall–Kier alpha value is -6.38. The monoisotopic (exact) mass is 1200 g/mol. The summed E-state index contributed by atoms with van der Waals surface area (Å²) in [6.07, 6.45) is 5.66. The van der Waals surface area contributed by atoms with E-state index < -0.39 is 0 Å². The number of hydrogen-bond donors (Lipinski definition) is 0. The van der Waals surface area contributed by atoms with Gasteiger partial charge in [0.2, 0.25) is 6.71 Å². The fourth-order valence-corrected chi connectivity index (χ4v) is 17.5. The fraction of sp³-hybridized carbons (Fsp3) is 0.461. The van der Waals surface area contributed by atoms with Gasteiger partial charge in [-0.15, -0.1) is 0 Å². The van der Waals surface area contributed by atoms with E-state index >= 15 is 0 Å². The first kappa shape index (κ1) is 64.7. The molecule has 0 N–H and O–H groups in total. The Morgan fingerprint density at radius 1 is 0.429 bits per heavy atom. The third-order valence-electron chi connectivity index (χ3n) is 23.4. The predicted octanol–water partition coefficient (Wildman–Crippen LogP) is 22.3. The molecule has 2 heteroatoms. The normalized spacial score (nSPS) is 18.6. The van der Waals surface area contributed by atoms with Crippen molar-refractivity contribution in [3.63, 3.8) is 0 Å². The van der Waals surface area contributed by atoms with Gasteiger partial charge < -0.3 is 4.90 Å². The lowest BCUT2D eigenvalue weighted by atomic mass is 9.31. The number of benzene rings is 8. The highest BCUT2D eigenvalue weighted by Crippen LogP contribution is 2.54. The maximum Gasteiger partial charge on any atom is 0.242 e. The first-order chi connectivity index (χ1) is 42.1. The Labute approximate surface area is 552 Å². The smallest absolute Gasteiger partial charge is 0.242 e. The maximum atomic E-state index is 2.78. The van der Waals surface area contributed by atoms with Gasteiger partial charge in [0.05, 0.1) is 0 Å². The van der Waals surface area contributed by atoms with Crippen molar-refractivity contribution in [1.82, 2.24) is 0 Å². The molecule has 4 aliphatic rings. The highest BCUT2D eigenvalue weighted by atomic mass is 15.1. The first-order valence-electron chi connectivity index (χ1n) is 35.0. The Bertz CT molecular complexity index is 4120. The SMILES string of the molecule is Cc1cc2c(cc1CCC1c3cc4c(cc3B(c3ccc(N(c5ccc(C(C)(C)C)cc5)c5ccc(C(C)(C)C)cc5)cc3C(C)c3ccc5c(c3)C(C)(C)c3cc(C(C)(C)C)ccc3-5)c3c(C)cc(C(C)(C)C)cc31)C(C)(C)CC4(C)C)C(C)(C)CCC2(C)C. The largest absolute Gasteiger partial charge is 0.310 e. The number of hydrogen-bond acceptors (Lipinski definition) is 1. The second-order valence-electron chi connectivity index (χ2n) is 36.5. The van der Waals surface area contributed by atoms with Crippen LogP contribution in [0.3, 0.4) is 0 Å². The van der Waals surface area contributed by atoms with Crippen LogP contribution in [0, 0.1) is 13.8 Å². The zero-order valence-electron chi connectivity index (χ0n) is 61.0. The van der Waals surface area contributed by atoms with Crippen LogP contribution in [0.2, 0.25) is 0 Å². The summed E-state index contributed by atoms with van der Waals surface area (Å²) < 4.78 is 0. The molecule has 1 aliphatic heterocycles. The molecule has 0 amide bonds. The molecule has 0 radical (unpaired) electrons. The molecule has 0 saturated carbocycles. The number of anilines is 3. The molecule has 91 heavy (non-hydrogen) atoms. The van der Waals surface area contributed by atoms with Crippen molar-refractivity contribution in [3.05, 3.63) is 234 Å². The third-order valence-corrected chi connectivity index (χ3v) is 23.4. The molecule has 0 saturated heterocycles. The van der Waals surface area contributed by atoms with Crippen molar-refractivity contribution < 1.29 is 0 Å². The van der Waals surface area contributed by atoms with Crippen LogP contribution in [0.15, 0.2) is 140 Å². The Balaban J connectivity index is 1.11. The van der Waals surface area contributed by atoms with Gasteiger partial charge in [0.25, 0.3) is 0 Å². The van der Waals surface area contributed by atoms with Gasteiger partial charge in [-0.05, 0) is 226 Å². The van der Waals surface area contributed by atoms with E-state index in [9.17, 15) is 0 Å². The quantitative estimate of drug-likeness (QED) is 0.130. The van der Waals surface area contributed by atoms with E-state index in [-0.39, 0.29) is 67.3 Å². The lowest BCUT2D eigenvalue weighted by Gasteiger charge is -2.42. The van der Waals surface area contributed by atoms with Gasteiger partial charge in [-0.3, -0.25) is 0 Å². The summed E-state index contributed by atoms with van der Waals surface area (Å²) in [5.74, 6) is 0.261. The average Bonchev–Trinajstić information content (AvgIpc) is 1.56. The van der Waals surface area contributed by atoms with Gasteiger partial charge >= 0.3 is 0 Å². The van der Waals surface area contributed by atoms with Crippen LogP contribution in [0.5, 0.6) is 0 Å². The summed E-state index contributed by atoms with van der Waals surface area (Å²) in [5, 5.41) is 0. The van der Waals surface area contributed by atoms with E-state index in [0.29, 0.717) is 0 Å². The zero-order chi connectivity index (χ0) is 66.0. The lowest BCUT2D eigenvalue weighted by Crippen LogP contribution is -2.60. The van der Waals surface area contributed by atoms with Gasteiger partial charge in [-0.25, -0.2) is 0 Å². The van der Waals surface area contributed by atoms with Crippen molar-refractivity contribution in [3.8, 4) is 11.1 Å². The number of rotatable bonds is 9. The Morgan fingerprint density at radius 3 is 1.46 bits per heavy atom. The van der Waals surface area contributed by atoms with Crippen LogP contribution in [-0.4, -0.2) is 6.71 Å². The van der Waals surface area contributed by atoms with Gasteiger partial charge in [0.1, 0.15) is 0 Å². The van der Waals surface area contributed by atoms with E-state index in [2.05, 4.69) is 318 Å². The van der Waals surface area contributed by atoms with Gasteiger partial charge in [0, 0.05) is 34.3 Å². The molecule has 0 aromatic heterocycles. The van der Waals surface area contributed by atoms with Crippen molar-refractivity contribution in [2.75, 3.05) is 4.90 Å². The molecule has 0 fully saturated rings. The first-order valence-corrected chi connectivity index (χ1v) is 35.0. The molecule has 1 heterocycles. The van der Waals surface area contributed by atoms with Crippen LogP contribution < -0.4 is 21.3 Å². The van der Waals surface area contributed by atoms with E-state index in [4.69, 9.17) is 0 Å². The molecular formula is C89H110BN. The minimum Gasteiger partial charge on any atom is -0.310 e.